The Balaban J connectivity index is 2.26. The van der Waals surface area contributed by atoms with Crippen LogP contribution >= 0.6 is 11.6 Å². The van der Waals surface area contributed by atoms with Crippen LogP contribution in [0.4, 0.5) is 0 Å². The molecule has 1 unspecified atom stereocenters. The number of hydrogen-bond acceptors (Lipinski definition) is 2. The molecule has 17 heavy (non-hydrogen) atoms. The lowest BCUT2D eigenvalue weighted by molar-refractivity contribution is 0.431. The van der Waals surface area contributed by atoms with Crippen LogP contribution in [0.1, 0.15) is 25.1 Å². The van der Waals surface area contributed by atoms with Gasteiger partial charge in [-0.15, -0.1) is 0 Å². The Bertz CT molecular complexity index is 471. The van der Waals surface area contributed by atoms with E-state index in [1.54, 1.807) is 0 Å². The van der Waals surface area contributed by atoms with Crippen LogP contribution in [0.3, 0.4) is 0 Å². The van der Waals surface area contributed by atoms with E-state index in [-0.39, 0.29) is 6.04 Å². The van der Waals surface area contributed by atoms with E-state index in [0.717, 1.165) is 28.5 Å². The van der Waals surface area contributed by atoms with Crippen LogP contribution in [0.25, 0.3) is 11.3 Å². The molecule has 0 amide bonds. The molecule has 1 aromatic heterocycles. The molecule has 0 bridgehead atoms. The molecule has 0 radical (unpaired) electrons. The molecular weight excluding hydrogens is 234 g/mol. The molecule has 0 saturated heterocycles. The highest BCUT2D eigenvalue weighted by Crippen LogP contribution is 2.27. The van der Waals surface area contributed by atoms with E-state index in [1.807, 2.05) is 43.4 Å². The lowest BCUT2D eigenvalue weighted by atomic mass is 10.1. The maximum atomic E-state index is 5.86. The van der Waals surface area contributed by atoms with Crippen LogP contribution in [0.2, 0.25) is 5.02 Å². The molecule has 0 aliphatic heterocycles. The third kappa shape index (κ3) is 2.71. The Kier molecular flexibility index (Phi) is 3.87. The first-order chi connectivity index (χ1) is 8.24. The zero-order valence-electron chi connectivity index (χ0n) is 10.0. The second kappa shape index (κ2) is 5.39. The van der Waals surface area contributed by atoms with Crippen molar-refractivity contribution in [2.45, 2.75) is 19.4 Å². The lowest BCUT2D eigenvalue weighted by Gasteiger charge is -2.09. The summed E-state index contributed by atoms with van der Waals surface area (Å²) in [5.41, 5.74) is 1.05. The molecule has 0 fully saturated rings. The molecule has 90 valence electrons. The molecule has 2 aromatic rings. The smallest absolute Gasteiger partial charge is 0.134 e. The fourth-order valence-corrected chi connectivity index (χ4v) is 1.98. The van der Waals surface area contributed by atoms with Crippen molar-refractivity contribution >= 4 is 11.6 Å². The molecule has 1 N–H and O–H groups in total. The van der Waals surface area contributed by atoms with E-state index >= 15 is 0 Å². The highest BCUT2D eigenvalue weighted by molar-refractivity contribution is 6.30. The van der Waals surface area contributed by atoms with Gasteiger partial charge < -0.3 is 9.73 Å². The summed E-state index contributed by atoms with van der Waals surface area (Å²) < 4.78 is 5.85. The first-order valence-corrected chi connectivity index (χ1v) is 6.15. The van der Waals surface area contributed by atoms with Gasteiger partial charge in [0.2, 0.25) is 0 Å². The molecule has 0 spiro atoms. The summed E-state index contributed by atoms with van der Waals surface area (Å²) in [4.78, 5) is 0. The Morgan fingerprint density at radius 2 is 1.88 bits per heavy atom. The van der Waals surface area contributed by atoms with E-state index in [4.69, 9.17) is 16.0 Å². The van der Waals surface area contributed by atoms with Crippen LogP contribution in [-0.4, -0.2) is 7.05 Å². The maximum absolute atomic E-state index is 5.86. The summed E-state index contributed by atoms with van der Waals surface area (Å²) in [6, 6.07) is 12.0. The molecule has 1 aromatic carbocycles. The average Bonchev–Trinajstić information content (AvgIpc) is 2.81. The van der Waals surface area contributed by atoms with Crippen LogP contribution in [0.5, 0.6) is 0 Å². The van der Waals surface area contributed by atoms with Crippen molar-refractivity contribution in [3.05, 3.63) is 47.2 Å². The van der Waals surface area contributed by atoms with Crippen molar-refractivity contribution < 1.29 is 4.42 Å². The topological polar surface area (TPSA) is 25.2 Å². The predicted octanol–water partition coefficient (Wildman–Crippen LogP) is 4.27. The minimum Gasteiger partial charge on any atom is -0.459 e. The molecular formula is C14H16ClNO. The van der Waals surface area contributed by atoms with Crippen molar-refractivity contribution in [2.24, 2.45) is 0 Å². The quantitative estimate of drug-likeness (QED) is 0.875. The van der Waals surface area contributed by atoms with Crippen LogP contribution in [0, 0.1) is 0 Å². The Hall–Kier alpha value is -1.25. The molecule has 1 atom stereocenters. The van der Waals surface area contributed by atoms with Crippen molar-refractivity contribution in [1.82, 2.24) is 5.32 Å². The second-order valence-corrected chi connectivity index (χ2v) is 4.39. The first kappa shape index (κ1) is 12.2. The molecule has 0 aliphatic rings. The van der Waals surface area contributed by atoms with Crippen LogP contribution in [0.15, 0.2) is 40.8 Å². The number of rotatable bonds is 4. The summed E-state index contributed by atoms with van der Waals surface area (Å²) >= 11 is 5.86. The number of benzene rings is 1. The van der Waals surface area contributed by atoms with Gasteiger partial charge in [0.05, 0.1) is 6.04 Å². The number of hydrogen-bond donors (Lipinski definition) is 1. The van der Waals surface area contributed by atoms with Crippen LogP contribution < -0.4 is 5.32 Å². The molecule has 2 nitrogen and oxygen atoms in total. The highest BCUT2D eigenvalue weighted by atomic mass is 35.5. The number of nitrogens with one attached hydrogen (secondary N) is 1. The van der Waals surface area contributed by atoms with E-state index < -0.39 is 0 Å². The molecule has 3 heteroatoms. The highest BCUT2D eigenvalue weighted by Gasteiger charge is 2.12. The third-order valence-electron chi connectivity index (χ3n) is 2.86. The van der Waals surface area contributed by atoms with E-state index in [0.29, 0.717) is 0 Å². The minimum absolute atomic E-state index is 0.274. The van der Waals surface area contributed by atoms with Crippen LogP contribution in [-0.2, 0) is 0 Å². The average molecular weight is 250 g/mol. The predicted molar refractivity (Wildman–Crippen MR) is 71.2 cm³/mol. The second-order valence-electron chi connectivity index (χ2n) is 3.96. The third-order valence-corrected chi connectivity index (χ3v) is 3.11. The summed E-state index contributed by atoms with van der Waals surface area (Å²) in [6.45, 7) is 2.13. The summed E-state index contributed by atoms with van der Waals surface area (Å²) in [5.74, 6) is 1.85. The standard InChI is InChI=1S/C14H16ClNO/c1-3-12(16-2)14-9-8-13(17-14)10-4-6-11(15)7-5-10/h4-9,12,16H,3H2,1-2H3. The van der Waals surface area contributed by atoms with Gasteiger partial charge in [-0.1, -0.05) is 18.5 Å². The van der Waals surface area contributed by atoms with Crippen molar-refractivity contribution in [1.29, 1.82) is 0 Å². The zero-order valence-corrected chi connectivity index (χ0v) is 10.8. The molecule has 0 aliphatic carbocycles. The van der Waals surface area contributed by atoms with Crippen molar-refractivity contribution in [2.75, 3.05) is 7.05 Å². The van der Waals surface area contributed by atoms with Gasteiger partial charge in [0.15, 0.2) is 0 Å². The van der Waals surface area contributed by atoms with Gasteiger partial charge in [0.25, 0.3) is 0 Å². The van der Waals surface area contributed by atoms with Gasteiger partial charge in [-0.05, 0) is 49.9 Å². The van der Waals surface area contributed by atoms with E-state index in [1.165, 1.54) is 0 Å². The zero-order chi connectivity index (χ0) is 12.3. The lowest BCUT2D eigenvalue weighted by Crippen LogP contribution is -2.14. The summed E-state index contributed by atoms with van der Waals surface area (Å²) in [7, 11) is 1.94. The fourth-order valence-electron chi connectivity index (χ4n) is 1.86. The largest absolute Gasteiger partial charge is 0.459 e. The normalized spacial score (nSPS) is 12.6. The van der Waals surface area contributed by atoms with Gasteiger partial charge in [-0.3, -0.25) is 0 Å². The Morgan fingerprint density at radius 1 is 1.18 bits per heavy atom. The van der Waals surface area contributed by atoms with Crippen molar-refractivity contribution in [3.63, 3.8) is 0 Å². The Morgan fingerprint density at radius 3 is 2.47 bits per heavy atom. The number of halogens is 1. The first-order valence-electron chi connectivity index (χ1n) is 5.77. The SMILES string of the molecule is CCC(NC)c1ccc(-c2ccc(Cl)cc2)o1. The maximum Gasteiger partial charge on any atom is 0.134 e. The molecule has 0 saturated carbocycles. The van der Waals surface area contributed by atoms with Crippen molar-refractivity contribution in [3.8, 4) is 11.3 Å². The molecule has 2 rings (SSSR count). The van der Waals surface area contributed by atoms with Gasteiger partial charge in [-0.2, -0.15) is 0 Å². The van der Waals surface area contributed by atoms with Gasteiger partial charge >= 0.3 is 0 Å². The van der Waals surface area contributed by atoms with Gasteiger partial charge in [-0.25, -0.2) is 0 Å². The summed E-state index contributed by atoms with van der Waals surface area (Å²) in [5, 5.41) is 3.97. The molecule has 1 heterocycles. The van der Waals surface area contributed by atoms with E-state index in [2.05, 4.69) is 12.2 Å². The Labute approximate surface area is 107 Å². The van der Waals surface area contributed by atoms with Gasteiger partial charge in [0.1, 0.15) is 11.5 Å². The fraction of sp³-hybridized carbons (Fsp3) is 0.286. The van der Waals surface area contributed by atoms with E-state index in [9.17, 15) is 0 Å². The summed E-state index contributed by atoms with van der Waals surface area (Å²) in [6.07, 6.45) is 1.00. The minimum atomic E-state index is 0.274. The van der Waals surface area contributed by atoms with Gasteiger partial charge in [0, 0.05) is 10.6 Å². The monoisotopic (exact) mass is 249 g/mol. The number of furan rings is 1.